The lowest BCUT2D eigenvalue weighted by atomic mass is 10.3. The van der Waals surface area contributed by atoms with E-state index < -0.39 is 5.91 Å². The van der Waals surface area contributed by atoms with Crippen LogP contribution in [0.2, 0.25) is 0 Å². The molecular weight excluding hydrogens is 276 g/mol. The highest BCUT2D eigenvalue weighted by Gasteiger charge is 2.20. The minimum atomic E-state index is -0.421. The van der Waals surface area contributed by atoms with Crippen molar-refractivity contribution in [3.8, 4) is 0 Å². The molecule has 20 heavy (non-hydrogen) atoms. The van der Waals surface area contributed by atoms with Crippen molar-refractivity contribution in [3.05, 3.63) is 29.5 Å². The van der Waals surface area contributed by atoms with E-state index in [0.29, 0.717) is 4.88 Å². The predicted molar refractivity (Wildman–Crippen MR) is 77.1 cm³/mol. The topological polar surface area (TPSA) is 88.2 Å². The van der Waals surface area contributed by atoms with E-state index in [0.717, 1.165) is 37.0 Å². The van der Waals surface area contributed by atoms with Gasteiger partial charge in [0.1, 0.15) is 4.88 Å². The Bertz CT molecular complexity index is 593. The fraction of sp³-hybridized carbons (Fsp3) is 0.333. The van der Waals surface area contributed by atoms with Crippen molar-refractivity contribution in [1.82, 2.24) is 15.2 Å². The quantitative estimate of drug-likeness (QED) is 0.878. The second kappa shape index (κ2) is 5.41. The van der Waals surface area contributed by atoms with Gasteiger partial charge in [0.2, 0.25) is 0 Å². The summed E-state index contributed by atoms with van der Waals surface area (Å²) >= 11 is 1.34. The summed E-state index contributed by atoms with van der Waals surface area (Å²) in [6.45, 7) is 3.48. The summed E-state index contributed by atoms with van der Waals surface area (Å²) in [5, 5.41) is 8.53. The van der Waals surface area contributed by atoms with E-state index in [1.54, 1.807) is 18.6 Å². The third-order valence-electron chi connectivity index (χ3n) is 3.22. The number of piperazine rings is 1. The van der Waals surface area contributed by atoms with Crippen LogP contribution in [0.5, 0.6) is 0 Å². The molecule has 0 aromatic carbocycles. The van der Waals surface area contributed by atoms with Crippen molar-refractivity contribution < 1.29 is 4.79 Å². The molecule has 1 fully saturated rings. The minimum Gasteiger partial charge on any atom is -0.367 e. The molecule has 0 radical (unpaired) electrons. The fourth-order valence-electron chi connectivity index (χ4n) is 2.15. The summed E-state index contributed by atoms with van der Waals surface area (Å²) in [7, 11) is 0. The number of anilines is 2. The molecule has 0 spiro atoms. The highest BCUT2D eigenvalue weighted by atomic mass is 32.1. The van der Waals surface area contributed by atoms with Crippen LogP contribution in [0.3, 0.4) is 0 Å². The molecule has 1 aliphatic rings. The smallest absolute Gasteiger partial charge is 0.260 e. The summed E-state index contributed by atoms with van der Waals surface area (Å²) < 4.78 is 0. The normalized spacial score (nSPS) is 15.4. The van der Waals surface area contributed by atoms with Gasteiger partial charge in [0.25, 0.3) is 5.91 Å². The minimum absolute atomic E-state index is 0.421. The van der Waals surface area contributed by atoms with E-state index in [1.807, 2.05) is 6.07 Å². The highest BCUT2D eigenvalue weighted by Crippen LogP contribution is 2.24. The highest BCUT2D eigenvalue weighted by molar-refractivity contribution is 7.17. The second-order valence-corrected chi connectivity index (χ2v) is 5.46. The van der Waals surface area contributed by atoms with Crippen molar-refractivity contribution in [3.63, 3.8) is 0 Å². The number of nitrogens with zero attached hydrogens (tertiary/aromatic N) is 5. The standard InChI is InChI=1S/C12H14N6OS/c13-11(19)10-8-14-12(20-10)18-5-3-17(4-6-18)9-1-2-15-16-7-9/h1-2,7-8H,3-6H2,(H2,13,19). The third-order valence-corrected chi connectivity index (χ3v) is 4.29. The lowest BCUT2D eigenvalue weighted by molar-refractivity contribution is 0.100. The van der Waals surface area contributed by atoms with Gasteiger partial charge >= 0.3 is 0 Å². The molecule has 2 N–H and O–H groups in total. The van der Waals surface area contributed by atoms with Crippen LogP contribution < -0.4 is 15.5 Å². The van der Waals surface area contributed by atoms with Gasteiger partial charge < -0.3 is 15.5 Å². The molecule has 3 rings (SSSR count). The Hall–Kier alpha value is -2.22. The van der Waals surface area contributed by atoms with Crippen molar-refractivity contribution >= 4 is 28.1 Å². The Kier molecular flexibility index (Phi) is 3.46. The summed E-state index contributed by atoms with van der Waals surface area (Å²) in [6.07, 6.45) is 5.01. The van der Waals surface area contributed by atoms with Gasteiger partial charge in [-0.05, 0) is 6.07 Å². The Morgan fingerprint density at radius 2 is 1.90 bits per heavy atom. The van der Waals surface area contributed by atoms with Crippen molar-refractivity contribution in [1.29, 1.82) is 0 Å². The van der Waals surface area contributed by atoms with Gasteiger partial charge in [0.05, 0.1) is 24.3 Å². The van der Waals surface area contributed by atoms with Crippen LogP contribution in [0.25, 0.3) is 0 Å². The maximum Gasteiger partial charge on any atom is 0.260 e. The molecule has 8 heteroatoms. The first-order chi connectivity index (χ1) is 9.74. The maximum atomic E-state index is 11.1. The Balaban J connectivity index is 1.65. The summed E-state index contributed by atoms with van der Waals surface area (Å²) in [5.41, 5.74) is 6.33. The molecule has 0 atom stereocenters. The molecule has 104 valence electrons. The van der Waals surface area contributed by atoms with Crippen LogP contribution in [0.1, 0.15) is 9.67 Å². The molecule has 0 saturated carbocycles. The first-order valence-electron chi connectivity index (χ1n) is 6.26. The molecule has 2 aromatic rings. The number of hydrogen-bond donors (Lipinski definition) is 1. The zero-order chi connectivity index (χ0) is 13.9. The summed E-state index contributed by atoms with van der Waals surface area (Å²) in [4.78, 5) is 20.3. The van der Waals surface area contributed by atoms with Crippen molar-refractivity contribution in [2.75, 3.05) is 36.0 Å². The second-order valence-electron chi connectivity index (χ2n) is 4.45. The number of aromatic nitrogens is 3. The van der Waals surface area contributed by atoms with E-state index in [9.17, 15) is 4.79 Å². The summed E-state index contributed by atoms with van der Waals surface area (Å²) in [5.74, 6) is -0.421. The molecule has 1 amide bonds. The molecule has 0 aliphatic carbocycles. The molecular formula is C12H14N6OS. The largest absolute Gasteiger partial charge is 0.367 e. The lowest BCUT2D eigenvalue weighted by Gasteiger charge is -2.35. The van der Waals surface area contributed by atoms with E-state index in [1.165, 1.54) is 11.3 Å². The van der Waals surface area contributed by atoms with Crippen molar-refractivity contribution in [2.45, 2.75) is 0 Å². The number of carbonyl (C=O) groups excluding carboxylic acids is 1. The fourth-order valence-corrected chi connectivity index (χ4v) is 2.97. The number of amides is 1. The van der Waals surface area contributed by atoms with Gasteiger partial charge in [-0.2, -0.15) is 10.2 Å². The average molecular weight is 290 g/mol. The van der Waals surface area contributed by atoms with Gasteiger partial charge in [-0.25, -0.2) is 4.98 Å². The number of carbonyl (C=O) groups is 1. The van der Waals surface area contributed by atoms with Crippen LogP contribution in [0, 0.1) is 0 Å². The molecule has 7 nitrogen and oxygen atoms in total. The number of rotatable bonds is 3. The van der Waals surface area contributed by atoms with Crippen LogP contribution in [-0.4, -0.2) is 47.3 Å². The summed E-state index contributed by atoms with van der Waals surface area (Å²) in [6, 6.07) is 1.96. The number of nitrogens with two attached hydrogens (primary N) is 1. The average Bonchev–Trinajstić information content (AvgIpc) is 2.98. The molecule has 1 aliphatic heterocycles. The van der Waals surface area contributed by atoms with Crippen LogP contribution in [-0.2, 0) is 0 Å². The van der Waals surface area contributed by atoms with E-state index in [4.69, 9.17) is 5.73 Å². The SMILES string of the molecule is NC(=O)c1cnc(N2CCN(c3ccnnc3)CC2)s1. The molecule has 0 unspecified atom stereocenters. The molecule has 1 saturated heterocycles. The van der Waals surface area contributed by atoms with Gasteiger partial charge in [-0.1, -0.05) is 11.3 Å². The van der Waals surface area contributed by atoms with Gasteiger partial charge in [-0.15, -0.1) is 0 Å². The van der Waals surface area contributed by atoms with Crippen LogP contribution in [0.15, 0.2) is 24.7 Å². The van der Waals surface area contributed by atoms with E-state index in [2.05, 4.69) is 25.0 Å². The van der Waals surface area contributed by atoms with E-state index >= 15 is 0 Å². The van der Waals surface area contributed by atoms with Gasteiger partial charge in [0, 0.05) is 26.2 Å². The predicted octanol–water partition coefficient (Wildman–Crippen LogP) is 0.359. The number of thiazole rings is 1. The first-order valence-corrected chi connectivity index (χ1v) is 7.08. The lowest BCUT2D eigenvalue weighted by Crippen LogP contribution is -2.46. The zero-order valence-electron chi connectivity index (χ0n) is 10.8. The van der Waals surface area contributed by atoms with Crippen molar-refractivity contribution in [2.24, 2.45) is 5.73 Å². The van der Waals surface area contributed by atoms with E-state index in [-0.39, 0.29) is 0 Å². The molecule has 3 heterocycles. The van der Waals surface area contributed by atoms with Crippen LogP contribution >= 0.6 is 11.3 Å². The first kappa shape index (κ1) is 12.8. The third kappa shape index (κ3) is 2.55. The number of hydrogen-bond acceptors (Lipinski definition) is 7. The Labute approximate surface area is 120 Å². The molecule has 0 bridgehead atoms. The zero-order valence-corrected chi connectivity index (χ0v) is 11.6. The Morgan fingerprint density at radius 1 is 1.15 bits per heavy atom. The van der Waals surface area contributed by atoms with Crippen LogP contribution in [0.4, 0.5) is 10.8 Å². The van der Waals surface area contributed by atoms with Gasteiger partial charge in [-0.3, -0.25) is 4.79 Å². The monoisotopic (exact) mass is 290 g/mol. The Morgan fingerprint density at radius 3 is 2.50 bits per heavy atom. The maximum absolute atomic E-state index is 11.1. The van der Waals surface area contributed by atoms with Gasteiger partial charge in [0.15, 0.2) is 5.13 Å². The molecule has 2 aromatic heterocycles. The number of primary amides is 1.